The zero-order chi connectivity index (χ0) is 11.5. The minimum Gasteiger partial charge on any atom is -0.349 e. The van der Waals surface area contributed by atoms with Gasteiger partial charge in [-0.15, -0.1) is 0 Å². The summed E-state index contributed by atoms with van der Waals surface area (Å²) in [6, 6.07) is 10.1. The largest absolute Gasteiger partial charge is 0.349 e. The summed E-state index contributed by atoms with van der Waals surface area (Å²) in [5, 5.41) is 6.59. The van der Waals surface area contributed by atoms with E-state index in [1.165, 1.54) is 17.6 Å². The zero-order valence-electron chi connectivity index (χ0n) is 8.48. The van der Waals surface area contributed by atoms with E-state index in [-0.39, 0.29) is 5.82 Å². The number of H-pyrrole nitrogens is 1. The molecule has 5 heteroatoms. The molecule has 84 valence electrons. The summed E-state index contributed by atoms with van der Waals surface area (Å²) in [6.07, 6.45) is 0. The highest BCUT2D eigenvalue weighted by Crippen LogP contribution is 2.24. The van der Waals surface area contributed by atoms with Crippen LogP contribution in [0.15, 0.2) is 41.4 Å². The van der Waals surface area contributed by atoms with Crippen LogP contribution in [-0.2, 0) is 0 Å². The van der Waals surface area contributed by atoms with E-state index < -0.39 is 10.7 Å². The Hall–Kier alpha value is -1.43. The van der Waals surface area contributed by atoms with Gasteiger partial charge in [-0.3, -0.25) is 5.14 Å². The van der Waals surface area contributed by atoms with Gasteiger partial charge in [-0.25, -0.2) is 4.39 Å². The fourth-order valence-corrected chi connectivity index (χ4v) is 2.01. The van der Waals surface area contributed by atoms with Gasteiger partial charge in [0.1, 0.15) is 5.82 Å². The Kier molecular flexibility index (Phi) is 3.19. The average Bonchev–Trinajstić information content (AvgIpc) is 2.77. The van der Waals surface area contributed by atoms with E-state index >= 15 is 0 Å². The van der Waals surface area contributed by atoms with Crippen molar-refractivity contribution >= 4 is 16.2 Å². The van der Waals surface area contributed by atoms with E-state index in [1.807, 2.05) is 18.2 Å². The summed E-state index contributed by atoms with van der Waals surface area (Å²) in [4.78, 5) is 3.12. The van der Waals surface area contributed by atoms with E-state index in [0.29, 0.717) is 0 Å². The molecule has 0 amide bonds. The monoisotopic (exact) mass is 237 g/mol. The van der Waals surface area contributed by atoms with Gasteiger partial charge in [0, 0.05) is 16.7 Å². The van der Waals surface area contributed by atoms with Crippen LogP contribution in [0.4, 0.5) is 4.39 Å². The highest BCUT2D eigenvalue weighted by molar-refractivity contribution is 8.12. The normalized spacial score (nSPS) is 12.9. The average molecular weight is 237 g/mol. The molecule has 1 aromatic heterocycles. The fourth-order valence-electron chi connectivity index (χ4n) is 1.41. The first-order valence-corrected chi connectivity index (χ1v) is 6.03. The maximum absolute atomic E-state index is 13.0. The summed E-state index contributed by atoms with van der Waals surface area (Å²) >= 11 is 0. The quantitative estimate of drug-likeness (QED) is 0.700. The van der Waals surface area contributed by atoms with Crippen LogP contribution in [0.3, 0.4) is 0 Å². The van der Waals surface area contributed by atoms with Crippen LogP contribution >= 0.6 is 10.7 Å². The van der Waals surface area contributed by atoms with Crippen molar-refractivity contribution < 1.29 is 4.39 Å². The van der Waals surface area contributed by atoms with Crippen molar-refractivity contribution in [2.45, 2.75) is 5.03 Å². The van der Waals surface area contributed by atoms with Gasteiger partial charge in [0.15, 0.2) is 0 Å². The number of rotatable bonds is 2. The third kappa shape index (κ3) is 2.21. The van der Waals surface area contributed by atoms with Crippen molar-refractivity contribution in [1.29, 1.82) is 0 Å². The van der Waals surface area contributed by atoms with Crippen LogP contribution in [0.2, 0.25) is 0 Å². The lowest BCUT2D eigenvalue weighted by molar-refractivity contribution is 0.628. The maximum Gasteiger partial charge on any atom is 0.123 e. The lowest BCUT2D eigenvalue weighted by atomic mass is 10.1. The third-order valence-corrected chi connectivity index (χ3v) is 3.23. The number of hydrogen-bond donors (Lipinski definition) is 3. The molecule has 16 heavy (non-hydrogen) atoms. The Morgan fingerprint density at radius 3 is 2.75 bits per heavy atom. The van der Waals surface area contributed by atoms with Gasteiger partial charge in [-0.05, 0) is 24.3 Å². The first kappa shape index (κ1) is 11.1. The molecular weight excluding hydrogens is 225 g/mol. The molecule has 0 aliphatic rings. The summed E-state index contributed by atoms with van der Waals surface area (Å²) in [6.45, 7) is 0. The Morgan fingerprint density at radius 2 is 2.06 bits per heavy atom. The van der Waals surface area contributed by atoms with Crippen LogP contribution in [0.1, 0.15) is 0 Å². The van der Waals surface area contributed by atoms with E-state index in [4.69, 9.17) is 10.9 Å². The summed E-state index contributed by atoms with van der Waals surface area (Å²) in [5.74, 6) is -0.259. The molecule has 3 nitrogen and oxygen atoms in total. The van der Waals surface area contributed by atoms with Crippen molar-refractivity contribution in [2.24, 2.45) is 10.9 Å². The molecular formula is C11H12FN3S. The topological polar surface area (TPSA) is 67.8 Å². The first-order valence-electron chi connectivity index (χ1n) is 4.68. The molecule has 1 unspecified atom stereocenters. The Labute approximate surface area is 95.3 Å². The Bertz CT molecular complexity index is 534. The molecule has 5 N–H and O–H groups in total. The van der Waals surface area contributed by atoms with Crippen molar-refractivity contribution in [2.75, 3.05) is 0 Å². The molecule has 1 heterocycles. The second-order valence-electron chi connectivity index (χ2n) is 3.25. The van der Waals surface area contributed by atoms with Gasteiger partial charge in [-0.1, -0.05) is 22.8 Å². The number of nitrogens with two attached hydrogens (primary N) is 2. The Balaban J connectivity index is 2.39. The number of benzene rings is 1. The van der Waals surface area contributed by atoms with Crippen molar-refractivity contribution in [1.82, 2.24) is 4.98 Å². The van der Waals surface area contributed by atoms with Gasteiger partial charge in [0.05, 0.1) is 5.03 Å². The fraction of sp³-hybridized carbons (Fsp3) is 0. The second-order valence-corrected chi connectivity index (χ2v) is 4.71. The lowest BCUT2D eigenvalue weighted by Gasteiger charge is -1.99. The number of halogens is 1. The molecule has 2 rings (SSSR count). The van der Waals surface area contributed by atoms with E-state index in [9.17, 15) is 4.39 Å². The molecule has 0 bridgehead atoms. The van der Waals surface area contributed by atoms with Gasteiger partial charge in [-0.2, -0.15) is 0 Å². The van der Waals surface area contributed by atoms with Crippen LogP contribution in [0.5, 0.6) is 0 Å². The molecule has 0 aliphatic carbocycles. The van der Waals surface area contributed by atoms with E-state index in [0.717, 1.165) is 16.3 Å². The van der Waals surface area contributed by atoms with Crippen LogP contribution in [-0.4, -0.2) is 10.5 Å². The molecule has 0 spiro atoms. The smallest absolute Gasteiger partial charge is 0.123 e. The van der Waals surface area contributed by atoms with Gasteiger partial charge >= 0.3 is 0 Å². The molecule has 0 saturated heterocycles. The van der Waals surface area contributed by atoms with Gasteiger partial charge in [0.25, 0.3) is 0 Å². The van der Waals surface area contributed by atoms with Crippen molar-refractivity contribution in [3.05, 3.63) is 42.2 Å². The van der Waals surface area contributed by atoms with Crippen LogP contribution in [0.25, 0.3) is 11.3 Å². The maximum atomic E-state index is 13.0. The molecule has 1 aromatic carbocycles. The van der Waals surface area contributed by atoms with E-state index in [1.54, 1.807) is 6.07 Å². The lowest BCUT2D eigenvalue weighted by Crippen LogP contribution is -1.97. The van der Waals surface area contributed by atoms with Gasteiger partial charge < -0.3 is 10.7 Å². The van der Waals surface area contributed by atoms with Crippen LogP contribution < -0.4 is 10.9 Å². The van der Waals surface area contributed by atoms with E-state index in [2.05, 4.69) is 4.98 Å². The number of aromatic nitrogens is 1. The second kappa shape index (κ2) is 4.61. The summed E-state index contributed by atoms with van der Waals surface area (Å²) < 4.78 is 13.0. The molecule has 1 atom stereocenters. The van der Waals surface area contributed by atoms with Crippen molar-refractivity contribution in [3.63, 3.8) is 0 Å². The number of aromatic amines is 1. The molecule has 0 fully saturated rings. The minimum absolute atomic E-state index is 0.259. The highest BCUT2D eigenvalue weighted by atomic mass is 32.2. The molecule has 2 aromatic rings. The SMILES string of the molecule is N/C=S(\N)c1ccc(-c2cccc(F)c2)[nH]1. The first-order chi connectivity index (χ1) is 7.70. The number of nitrogens with one attached hydrogen (secondary N) is 1. The van der Waals surface area contributed by atoms with Crippen molar-refractivity contribution in [3.8, 4) is 11.3 Å². The highest BCUT2D eigenvalue weighted by Gasteiger charge is 2.03. The van der Waals surface area contributed by atoms with Gasteiger partial charge in [0.2, 0.25) is 0 Å². The minimum atomic E-state index is -0.595. The molecule has 0 saturated carbocycles. The third-order valence-electron chi connectivity index (χ3n) is 2.20. The molecule has 0 radical (unpaired) electrons. The van der Waals surface area contributed by atoms with Crippen LogP contribution in [0, 0.1) is 5.82 Å². The Morgan fingerprint density at radius 1 is 1.25 bits per heavy atom. The summed E-state index contributed by atoms with van der Waals surface area (Å²) in [7, 11) is -0.595. The number of hydrogen-bond acceptors (Lipinski definition) is 1. The predicted octanol–water partition coefficient (Wildman–Crippen LogP) is 2.04. The zero-order valence-corrected chi connectivity index (χ0v) is 9.30. The molecule has 0 aliphatic heterocycles. The summed E-state index contributed by atoms with van der Waals surface area (Å²) in [5.41, 5.74) is 8.41. The predicted molar refractivity (Wildman–Crippen MR) is 66.5 cm³/mol. The standard InChI is InChI=1S/C11H12FN3S/c12-9-3-1-2-8(6-9)10-4-5-11(15-10)16(14)7-13/h1-7,15H,13-14H2.